The summed E-state index contributed by atoms with van der Waals surface area (Å²) in [5.74, 6) is -0.0873. The highest BCUT2D eigenvalue weighted by molar-refractivity contribution is 6.31. The number of carbonyl (C=O) groups is 1. The molecule has 1 saturated heterocycles. The van der Waals surface area contributed by atoms with Crippen LogP contribution in [0, 0.1) is 0 Å². The zero-order valence-electron chi connectivity index (χ0n) is 11.6. The maximum Gasteiger partial charge on any atom is 0.238 e. The Bertz CT molecular complexity index is 481. The minimum Gasteiger partial charge on any atom is -0.397 e. The van der Waals surface area contributed by atoms with Gasteiger partial charge in [-0.3, -0.25) is 9.69 Å². The number of rotatable bonds is 4. The molecule has 110 valence electrons. The highest BCUT2D eigenvalue weighted by atomic mass is 35.5. The number of nitrogen functional groups attached to an aromatic ring is 1. The minimum atomic E-state index is -0.0873. The number of hydrogen-bond acceptors (Lipinski definition) is 4. The van der Waals surface area contributed by atoms with E-state index in [9.17, 15) is 4.79 Å². The van der Waals surface area contributed by atoms with Crippen molar-refractivity contribution in [1.29, 1.82) is 0 Å². The number of carbonyl (C=O) groups excluding carboxylic acids is 1. The van der Waals surface area contributed by atoms with Crippen LogP contribution in [0.15, 0.2) is 18.2 Å². The minimum absolute atomic E-state index is 0.0873. The van der Waals surface area contributed by atoms with Gasteiger partial charge in [0.2, 0.25) is 5.91 Å². The third-order valence-corrected chi connectivity index (χ3v) is 3.69. The second-order valence-corrected chi connectivity index (χ2v) is 5.45. The summed E-state index contributed by atoms with van der Waals surface area (Å²) in [7, 11) is 1.71. The molecule has 1 unspecified atom stereocenters. The molecule has 1 amide bonds. The Balaban J connectivity index is 1.90. The van der Waals surface area contributed by atoms with E-state index in [1.807, 2.05) is 0 Å². The number of nitrogens with two attached hydrogens (primary N) is 1. The van der Waals surface area contributed by atoms with E-state index in [2.05, 4.69) is 10.2 Å². The summed E-state index contributed by atoms with van der Waals surface area (Å²) in [4.78, 5) is 14.1. The van der Waals surface area contributed by atoms with Gasteiger partial charge in [-0.2, -0.15) is 0 Å². The van der Waals surface area contributed by atoms with Gasteiger partial charge >= 0.3 is 0 Å². The number of benzene rings is 1. The highest BCUT2D eigenvalue weighted by Crippen LogP contribution is 2.23. The Labute approximate surface area is 124 Å². The average Bonchev–Trinajstić information content (AvgIpc) is 2.43. The molecule has 1 aromatic rings. The maximum absolute atomic E-state index is 12.0. The lowest BCUT2D eigenvalue weighted by molar-refractivity contribution is -0.118. The lowest BCUT2D eigenvalue weighted by Crippen LogP contribution is -2.43. The molecule has 1 aliphatic heterocycles. The lowest BCUT2D eigenvalue weighted by atomic mass is 10.1. The first-order valence-electron chi connectivity index (χ1n) is 6.68. The normalized spacial score (nSPS) is 19.8. The summed E-state index contributed by atoms with van der Waals surface area (Å²) in [6, 6.07) is 5.03. The van der Waals surface area contributed by atoms with E-state index in [0.29, 0.717) is 22.9 Å². The fourth-order valence-corrected chi connectivity index (χ4v) is 2.55. The smallest absolute Gasteiger partial charge is 0.238 e. The van der Waals surface area contributed by atoms with Crippen molar-refractivity contribution in [3.63, 3.8) is 0 Å². The fourth-order valence-electron chi connectivity index (χ4n) is 2.38. The number of hydrogen-bond donors (Lipinski definition) is 2. The van der Waals surface area contributed by atoms with Gasteiger partial charge in [0.15, 0.2) is 0 Å². The molecule has 2 rings (SSSR count). The third-order valence-electron chi connectivity index (χ3n) is 3.45. The zero-order valence-corrected chi connectivity index (χ0v) is 12.3. The number of likely N-dealkylation sites (tertiary alicyclic amines) is 1. The summed E-state index contributed by atoms with van der Waals surface area (Å²) >= 11 is 5.90. The molecule has 0 spiro atoms. The van der Waals surface area contributed by atoms with Crippen molar-refractivity contribution in [2.45, 2.75) is 18.9 Å². The van der Waals surface area contributed by atoms with Crippen molar-refractivity contribution < 1.29 is 9.53 Å². The van der Waals surface area contributed by atoms with Crippen molar-refractivity contribution in [3.8, 4) is 0 Å². The Morgan fingerprint density at radius 1 is 1.60 bits per heavy atom. The predicted molar refractivity (Wildman–Crippen MR) is 81.0 cm³/mol. The number of nitrogens with zero attached hydrogens (tertiary/aromatic N) is 1. The Kier molecular flexibility index (Phi) is 5.23. The van der Waals surface area contributed by atoms with Crippen molar-refractivity contribution in [3.05, 3.63) is 23.2 Å². The van der Waals surface area contributed by atoms with Crippen molar-refractivity contribution in [2.24, 2.45) is 0 Å². The zero-order chi connectivity index (χ0) is 14.5. The van der Waals surface area contributed by atoms with Crippen LogP contribution in [0.5, 0.6) is 0 Å². The average molecular weight is 298 g/mol. The van der Waals surface area contributed by atoms with Gasteiger partial charge in [0.25, 0.3) is 0 Å². The van der Waals surface area contributed by atoms with E-state index >= 15 is 0 Å². The Morgan fingerprint density at radius 3 is 3.15 bits per heavy atom. The summed E-state index contributed by atoms with van der Waals surface area (Å²) in [5, 5.41) is 3.35. The molecule has 0 aromatic heterocycles. The first-order chi connectivity index (χ1) is 9.58. The first kappa shape index (κ1) is 15.1. The van der Waals surface area contributed by atoms with Crippen LogP contribution in [0.4, 0.5) is 11.4 Å². The van der Waals surface area contributed by atoms with Gasteiger partial charge in [0.1, 0.15) is 0 Å². The van der Waals surface area contributed by atoms with Crippen molar-refractivity contribution >= 4 is 28.9 Å². The van der Waals surface area contributed by atoms with Crippen LogP contribution in [0.3, 0.4) is 0 Å². The molecule has 1 aromatic carbocycles. The molecule has 0 bridgehead atoms. The maximum atomic E-state index is 12.0. The second-order valence-electron chi connectivity index (χ2n) is 5.01. The van der Waals surface area contributed by atoms with Crippen LogP contribution in [0.25, 0.3) is 0 Å². The standard InChI is InChI=1S/C14H20ClN3O2/c1-20-11-3-2-6-18(8-11)9-14(19)17-13-7-10(15)4-5-12(13)16/h4-5,7,11H,2-3,6,8-9,16H2,1H3,(H,17,19). The van der Waals surface area contributed by atoms with Gasteiger partial charge in [-0.05, 0) is 37.6 Å². The predicted octanol–water partition coefficient (Wildman–Crippen LogP) is 1.97. The molecule has 1 heterocycles. The molecule has 3 N–H and O–H groups in total. The number of anilines is 2. The summed E-state index contributed by atoms with van der Waals surface area (Å²) in [6.07, 6.45) is 2.31. The fraction of sp³-hybridized carbons (Fsp3) is 0.500. The molecular weight excluding hydrogens is 278 g/mol. The lowest BCUT2D eigenvalue weighted by Gasteiger charge is -2.31. The molecule has 1 aliphatic rings. The molecule has 0 radical (unpaired) electrons. The Hall–Kier alpha value is -1.30. The van der Waals surface area contributed by atoms with Gasteiger partial charge < -0.3 is 15.8 Å². The number of ether oxygens (including phenoxy) is 1. The van der Waals surface area contributed by atoms with Crippen LogP contribution >= 0.6 is 11.6 Å². The van der Waals surface area contributed by atoms with Gasteiger partial charge in [-0.25, -0.2) is 0 Å². The third kappa shape index (κ3) is 4.10. The molecular formula is C14H20ClN3O2. The number of halogens is 1. The van der Waals surface area contributed by atoms with Gasteiger partial charge in [0, 0.05) is 18.7 Å². The summed E-state index contributed by atoms with van der Waals surface area (Å²) in [5.41, 5.74) is 6.88. The SMILES string of the molecule is COC1CCCN(CC(=O)Nc2cc(Cl)ccc2N)C1. The highest BCUT2D eigenvalue weighted by Gasteiger charge is 2.21. The number of piperidine rings is 1. The van der Waals surface area contributed by atoms with Crippen molar-refractivity contribution in [1.82, 2.24) is 4.90 Å². The molecule has 1 fully saturated rings. The van der Waals surface area contributed by atoms with E-state index in [1.54, 1.807) is 25.3 Å². The first-order valence-corrected chi connectivity index (χ1v) is 7.06. The van der Waals surface area contributed by atoms with Crippen LogP contribution in [0.2, 0.25) is 5.02 Å². The molecule has 6 heteroatoms. The summed E-state index contributed by atoms with van der Waals surface area (Å²) < 4.78 is 5.35. The number of methoxy groups -OCH3 is 1. The molecule has 0 saturated carbocycles. The van der Waals surface area contributed by atoms with E-state index in [4.69, 9.17) is 22.1 Å². The van der Waals surface area contributed by atoms with Gasteiger partial charge in [0.05, 0.1) is 24.0 Å². The van der Waals surface area contributed by atoms with E-state index in [1.165, 1.54) is 0 Å². The molecule has 0 aliphatic carbocycles. The van der Waals surface area contributed by atoms with E-state index < -0.39 is 0 Å². The van der Waals surface area contributed by atoms with Gasteiger partial charge in [-0.1, -0.05) is 11.6 Å². The number of nitrogens with one attached hydrogen (secondary N) is 1. The monoisotopic (exact) mass is 297 g/mol. The quantitative estimate of drug-likeness (QED) is 0.834. The molecule has 20 heavy (non-hydrogen) atoms. The van der Waals surface area contributed by atoms with Crippen LogP contribution in [-0.4, -0.2) is 43.7 Å². The van der Waals surface area contributed by atoms with Crippen LogP contribution in [-0.2, 0) is 9.53 Å². The van der Waals surface area contributed by atoms with Gasteiger partial charge in [-0.15, -0.1) is 0 Å². The largest absolute Gasteiger partial charge is 0.397 e. The van der Waals surface area contributed by atoms with E-state index in [0.717, 1.165) is 25.9 Å². The molecule has 1 atom stereocenters. The van der Waals surface area contributed by atoms with Crippen molar-refractivity contribution in [2.75, 3.05) is 37.8 Å². The van der Waals surface area contributed by atoms with Crippen LogP contribution < -0.4 is 11.1 Å². The Morgan fingerprint density at radius 2 is 2.40 bits per heavy atom. The van der Waals surface area contributed by atoms with E-state index in [-0.39, 0.29) is 12.0 Å². The molecule has 5 nitrogen and oxygen atoms in total. The number of amides is 1. The summed E-state index contributed by atoms with van der Waals surface area (Å²) in [6.45, 7) is 2.04. The van der Waals surface area contributed by atoms with Crippen LogP contribution in [0.1, 0.15) is 12.8 Å². The second kappa shape index (κ2) is 6.92. The topological polar surface area (TPSA) is 67.6 Å².